The number of hydrogen-bond donors (Lipinski definition) is 1. The Balaban J connectivity index is 1.99. The van der Waals surface area contributed by atoms with Crippen LogP contribution in [-0.2, 0) is 0 Å². The quantitative estimate of drug-likeness (QED) is 0.881. The van der Waals surface area contributed by atoms with Gasteiger partial charge in [-0.25, -0.2) is 0 Å². The molecule has 2 N–H and O–H groups in total. The lowest BCUT2D eigenvalue weighted by atomic mass is 10.1. The molecule has 94 valence electrons. The first-order chi connectivity index (χ1) is 8.84. The smallest absolute Gasteiger partial charge is 0.171 e. The van der Waals surface area contributed by atoms with Crippen molar-refractivity contribution in [3.05, 3.63) is 30.3 Å². The summed E-state index contributed by atoms with van der Waals surface area (Å²) in [6.45, 7) is 2.22. The maximum atomic E-state index is 5.63. The van der Waals surface area contributed by atoms with Crippen LogP contribution in [-0.4, -0.2) is 18.2 Å². The summed E-state index contributed by atoms with van der Waals surface area (Å²) in [6.07, 6.45) is 3.84. The van der Waals surface area contributed by atoms with E-state index in [9.17, 15) is 0 Å². The van der Waals surface area contributed by atoms with Crippen LogP contribution in [0.3, 0.4) is 0 Å². The van der Waals surface area contributed by atoms with E-state index >= 15 is 0 Å². The van der Waals surface area contributed by atoms with Gasteiger partial charge in [-0.1, -0.05) is 17.3 Å². The van der Waals surface area contributed by atoms with Crippen molar-refractivity contribution in [3.63, 3.8) is 0 Å². The topological polar surface area (TPSA) is 55.3 Å². The number of para-hydroxylation sites is 1. The van der Waals surface area contributed by atoms with Gasteiger partial charge in [0.25, 0.3) is 0 Å². The number of hydrogen-bond acceptors (Lipinski definition) is 4. The Hall–Kier alpha value is -1.97. The molecular formula is C14H17N3O. The standard InChI is InChI=1S/C14H17N3O/c15-14-10-13(18-16-14)11-6-2-3-7-12(11)17-8-4-1-5-9-17/h2-3,6-7,10H,1,4-5,8-9H2,(H2,15,16). The van der Waals surface area contributed by atoms with Crippen LogP contribution in [0.25, 0.3) is 11.3 Å². The Morgan fingerprint density at radius 2 is 1.89 bits per heavy atom. The third-order valence-electron chi connectivity index (χ3n) is 3.39. The van der Waals surface area contributed by atoms with Crippen LogP contribution < -0.4 is 10.6 Å². The van der Waals surface area contributed by atoms with E-state index in [-0.39, 0.29) is 0 Å². The van der Waals surface area contributed by atoms with E-state index in [2.05, 4.69) is 28.3 Å². The van der Waals surface area contributed by atoms with Crippen LogP contribution in [0.1, 0.15) is 19.3 Å². The zero-order chi connectivity index (χ0) is 12.4. The number of rotatable bonds is 2. The molecule has 2 aromatic rings. The highest BCUT2D eigenvalue weighted by molar-refractivity contribution is 5.76. The molecule has 0 bridgehead atoms. The highest BCUT2D eigenvalue weighted by Crippen LogP contribution is 2.32. The van der Waals surface area contributed by atoms with Gasteiger partial charge in [-0.2, -0.15) is 0 Å². The Kier molecular flexibility index (Phi) is 2.92. The van der Waals surface area contributed by atoms with Crippen molar-refractivity contribution in [2.24, 2.45) is 0 Å². The molecule has 18 heavy (non-hydrogen) atoms. The van der Waals surface area contributed by atoms with E-state index in [0.29, 0.717) is 5.82 Å². The molecule has 1 aromatic carbocycles. The molecule has 0 unspecified atom stereocenters. The minimum Gasteiger partial charge on any atom is -0.381 e. The average molecular weight is 243 g/mol. The first-order valence-electron chi connectivity index (χ1n) is 6.41. The second-order valence-corrected chi connectivity index (χ2v) is 4.68. The van der Waals surface area contributed by atoms with Crippen molar-refractivity contribution < 1.29 is 4.52 Å². The molecule has 0 saturated carbocycles. The van der Waals surface area contributed by atoms with Crippen LogP contribution in [0.2, 0.25) is 0 Å². The van der Waals surface area contributed by atoms with Gasteiger partial charge in [-0.15, -0.1) is 0 Å². The SMILES string of the molecule is Nc1cc(-c2ccccc2N2CCCCC2)on1. The van der Waals surface area contributed by atoms with Gasteiger partial charge in [0.15, 0.2) is 11.6 Å². The van der Waals surface area contributed by atoms with E-state index < -0.39 is 0 Å². The Morgan fingerprint density at radius 1 is 1.11 bits per heavy atom. The van der Waals surface area contributed by atoms with E-state index in [1.807, 2.05) is 6.07 Å². The number of aromatic nitrogens is 1. The molecule has 0 spiro atoms. The van der Waals surface area contributed by atoms with Crippen molar-refractivity contribution in [3.8, 4) is 11.3 Å². The van der Waals surface area contributed by atoms with Crippen molar-refractivity contribution >= 4 is 11.5 Å². The third kappa shape index (κ3) is 2.06. The highest BCUT2D eigenvalue weighted by Gasteiger charge is 2.17. The average Bonchev–Trinajstić information content (AvgIpc) is 2.86. The van der Waals surface area contributed by atoms with Crippen molar-refractivity contribution in [2.45, 2.75) is 19.3 Å². The van der Waals surface area contributed by atoms with Crippen LogP contribution in [0.4, 0.5) is 11.5 Å². The van der Waals surface area contributed by atoms with Crippen LogP contribution >= 0.6 is 0 Å². The van der Waals surface area contributed by atoms with Gasteiger partial charge in [0.1, 0.15) is 0 Å². The molecule has 1 aromatic heterocycles. The fourth-order valence-electron chi connectivity index (χ4n) is 2.51. The predicted octanol–water partition coefficient (Wildman–Crippen LogP) is 2.91. The largest absolute Gasteiger partial charge is 0.381 e. The number of anilines is 2. The van der Waals surface area contributed by atoms with Crippen LogP contribution in [0.5, 0.6) is 0 Å². The summed E-state index contributed by atoms with van der Waals surface area (Å²) in [5.74, 6) is 1.17. The summed E-state index contributed by atoms with van der Waals surface area (Å²) in [4.78, 5) is 2.41. The molecule has 1 aliphatic heterocycles. The van der Waals surface area contributed by atoms with Gasteiger partial charge in [-0.05, 0) is 31.4 Å². The van der Waals surface area contributed by atoms with Crippen molar-refractivity contribution in [2.75, 3.05) is 23.7 Å². The van der Waals surface area contributed by atoms with Crippen molar-refractivity contribution in [1.82, 2.24) is 5.16 Å². The minimum absolute atomic E-state index is 0.429. The zero-order valence-electron chi connectivity index (χ0n) is 10.3. The third-order valence-corrected chi connectivity index (χ3v) is 3.39. The molecule has 4 heteroatoms. The molecule has 4 nitrogen and oxygen atoms in total. The fraction of sp³-hybridized carbons (Fsp3) is 0.357. The number of piperidine rings is 1. The molecule has 0 amide bonds. The Bertz CT molecular complexity index is 529. The van der Waals surface area contributed by atoms with Gasteiger partial charge >= 0.3 is 0 Å². The second kappa shape index (κ2) is 4.72. The lowest BCUT2D eigenvalue weighted by Crippen LogP contribution is -2.29. The Labute approximate surface area is 106 Å². The maximum absolute atomic E-state index is 5.63. The molecule has 0 radical (unpaired) electrons. The summed E-state index contributed by atoms with van der Waals surface area (Å²) < 4.78 is 5.28. The highest BCUT2D eigenvalue weighted by atomic mass is 16.5. The van der Waals surface area contributed by atoms with Gasteiger partial charge in [0.2, 0.25) is 0 Å². The van der Waals surface area contributed by atoms with Gasteiger partial charge in [-0.3, -0.25) is 0 Å². The maximum Gasteiger partial charge on any atom is 0.171 e. The second-order valence-electron chi connectivity index (χ2n) is 4.68. The van der Waals surface area contributed by atoms with E-state index in [1.165, 1.54) is 24.9 Å². The summed E-state index contributed by atoms with van der Waals surface area (Å²) in [5.41, 5.74) is 7.91. The monoisotopic (exact) mass is 243 g/mol. The van der Waals surface area contributed by atoms with Crippen LogP contribution in [0.15, 0.2) is 34.9 Å². The Morgan fingerprint density at radius 3 is 2.61 bits per heavy atom. The van der Waals surface area contributed by atoms with Gasteiger partial charge in [0, 0.05) is 30.4 Å². The van der Waals surface area contributed by atoms with Crippen molar-refractivity contribution in [1.29, 1.82) is 0 Å². The van der Waals surface area contributed by atoms with E-state index in [1.54, 1.807) is 6.07 Å². The van der Waals surface area contributed by atoms with E-state index in [4.69, 9.17) is 10.3 Å². The van der Waals surface area contributed by atoms with Gasteiger partial charge in [0.05, 0.1) is 0 Å². The molecule has 1 aliphatic rings. The first-order valence-corrected chi connectivity index (χ1v) is 6.41. The molecule has 1 saturated heterocycles. The fourth-order valence-corrected chi connectivity index (χ4v) is 2.51. The number of nitrogen functional groups attached to an aromatic ring is 1. The normalized spacial score (nSPS) is 15.9. The molecule has 1 fully saturated rings. The number of nitrogens with two attached hydrogens (primary N) is 1. The molecular weight excluding hydrogens is 226 g/mol. The zero-order valence-corrected chi connectivity index (χ0v) is 10.3. The summed E-state index contributed by atoms with van der Waals surface area (Å²) in [5, 5.41) is 3.76. The number of nitrogens with zero attached hydrogens (tertiary/aromatic N) is 2. The van der Waals surface area contributed by atoms with E-state index in [0.717, 1.165) is 24.4 Å². The predicted molar refractivity (Wildman–Crippen MR) is 72.4 cm³/mol. The number of benzene rings is 1. The lowest BCUT2D eigenvalue weighted by Gasteiger charge is -2.30. The molecule has 3 rings (SSSR count). The molecule has 0 atom stereocenters. The lowest BCUT2D eigenvalue weighted by molar-refractivity contribution is 0.435. The first kappa shape index (κ1) is 11.1. The van der Waals surface area contributed by atoms with Gasteiger partial charge < -0.3 is 15.2 Å². The minimum atomic E-state index is 0.429. The van der Waals surface area contributed by atoms with Crippen LogP contribution in [0, 0.1) is 0 Å². The summed E-state index contributed by atoms with van der Waals surface area (Å²) >= 11 is 0. The molecule has 2 heterocycles. The summed E-state index contributed by atoms with van der Waals surface area (Å²) in [6, 6.07) is 10.1. The molecule has 0 aliphatic carbocycles. The summed E-state index contributed by atoms with van der Waals surface area (Å²) in [7, 11) is 0.